The molecule has 1 saturated carbocycles. The van der Waals surface area contributed by atoms with Gasteiger partial charge in [0.05, 0.1) is 25.5 Å². The average molecular weight is 366 g/mol. The van der Waals surface area contributed by atoms with Gasteiger partial charge in [0.25, 0.3) is 0 Å². The number of hydrogen-bond acceptors (Lipinski definition) is 5. The lowest BCUT2D eigenvalue weighted by atomic mass is 9.89. The normalized spacial score (nSPS) is 19.9. The molecule has 5 nitrogen and oxygen atoms in total. The Balaban J connectivity index is 1.73. The predicted octanol–water partition coefficient (Wildman–Crippen LogP) is 3.69. The van der Waals surface area contributed by atoms with Crippen molar-refractivity contribution in [2.75, 3.05) is 31.2 Å². The van der Waals surface area contributed by atoms with Crippen LogP contribution in [-0.2, 0) is 16.1 Å². The molecule has 1 saturated heterocycles. The molecular formula is C19H31N3O2S. The zero-order valence-electron chi connectivity index (χ0n) is 15.8. The van der Waals surface area contributed by atoms with E-state index in [0.717, 1.165) is 50.0 Å². The van der Waals surface area contributed by atoms with Gasteiger partial charge in [-0.15, -0.1) is 11.3 Å². The summed E-state index contributed by atoms with van der Waals surface area (Å²) in [6, 6.07) is 0.369. The smallest absolute Gasteiger partial charge is 0.228 e. The van der Waals surface area contributed by atoms with Crippen molar-refractivity contribution in [3.63, 3.8) is 0 Å². The summed E-state index contributed by atoms with van der Waals surface area (Å²) in [6.45, 7) is 10.0. The van der Waals surface area contributed by atoms with E-state index in [2.05, 4.69) is 15.2 Å². The van der Waals surface area contributed by atoms with Crippen LogP contribution < -0.4 is 4.90 Å². The highest BCUT2D eigenvalue weighted by atomic mass is 32.1. The van der Waals surface area contributed by atoms with E-state index in [9.17, 15) is 4.79 Å². The van der Waals surface area contributed by atoms with Crippen LogP contribution in [0.25, 0.3) is 0 Å². The van der Waals surface area contributed by atoms with Crippen LogP contribution >= 0.6 is 11.3 Å². The summed E-state index contributed by atoms with van der Waals surface area (Å²) in [5.41, 5.74) is 0.676. The molecule has 3 rings (SSSR count). The number of carbonyl (C=O) groups excluding carboxylic acids is 1. The van der Waals surface area contributed by atoms with Crippen LogP contribution in [0.1, 0.15) is 58.6 Å². The van der Waals surface area contributed by atoms with Gasteiger partial charge in [0.2, 0.25) is 5.91 Å². The zero-order valence-corrected chi connectivity index (χ0v) is 16.6. The van der Waals surface area contributed by atoms with Gasteiger partial charge in [-0.05, 0) is 12.8 Å². The molecule has 6 heteroatoms. The molecule has 1 aromatic heterocycles. The van der Waals surface area contributed by atoms with E-state index in [1.54, 1.807) is 11.3 Å². The zero-order chi connectivity index (χ0) is 17.9. The fourth-order valence-electron chi connectivity index (χ4n) is 3.63. The fraction of sp³-hybridized carbons (Fsp3) is 0.789. The molecule has 1 aliphatic heterocycles. The summed E-state index contributed by atoms with van der Waals surface area (Å²) in [7, 11) is 0. The first-order chi connectivity index (χ1) is 11.9. The number of anilines is 1. The number of rotatable bonds is 4. The molecule has 2 heterocycles. The fourth-order valence-corrected chi connectivity index (χ4v) is 4.50. The van der Waals surface area contributed by atoms with Gasteiger partial charge in [-0.2, -0.15) is 0 Å². The maximum absolute atomic E-state index is 13.1. The molecule has 1 aromatic rings. The highest BCUT2D eigenvalue weighted by molar-refractivity contribution is 7.13. The van der Waals surface area contributed by atoms with Crippen molar-refractivity contribution < 1.29 is 9.53 Å². The van der Waals surface area contributed by atoms with Gasteiger partial charge in [0.15, 0.2) is 5.13 Å². The van der Waals surface area contributed by atoms with Gasteiger partial charge >= 0.3 is 0 Å². The van der Waals surface area contributed by atoms with Crippen LogP contribution in [0.15, 0.2) is 5.38 Å². The third-order valence-corrected chi connectivity index (χ3v) is 6.02. The molecule has 0 unspecified atom stereocenters. The SMILES string of the molecule is CC(C)(C)C(=O)N(Cc1csc(N2CCOCC2)n1)C1CCCCC1. The van der Waals surface area contributed by atoms with E-state index in [0.29, 0.717) is 12.6 Å². The largest absolute Gasteiger partial charge is 0.378 e. The molecule has 0 N–H and O–H groups in total. The van der Waals surface area contributed by atoms with E-state index in [4.69, 9.17) is 9.72 Å². The highest BCUT2D eigenvalue weighted by Gasteiger charge is 2.33. The third kappa shape index (κ3) is 4.73. The first-order valence-corrected chi connectivity index (χ1v) is 10.4. The van der Waals surface area contributed by atoms with E-state index in [1.165, 1.54) is 19.3 Å². The number of morpholine rings is 1. The van der Waals surface area contributed by atoms with Crippen LogP contribution in [-0.4, -0.2) is 48.1 Å². The molecule has 1 aliphatic carbocycles. The summed E-state index contributed by atoms with van der Waals surface area (Å²) >= 11 is 1.69. The second kappa shape index (κ2) is 8.04. The predicted molar refractivity (Wildman–Crippen MR) is 102 cm³/mol. The number of aromatic nitrogens is 1. The molecule has 0 spiro atoms. The van der Waals surface area contributed by atoms with Crippen LogP contribution in [0.5, 0.6) is 0 Å². The molecule has 0 bridgehead atoms. The summed E-state index contributed by atoms with van der Waals surface area (Å²) in [4.78, 5) is 22.3. The first-order valence-electron chi connectivity index (χ1n) is 9.53. The van der Waals surface area contributed by atoms with Gasteiger partial charge in [-0.1, -0.05) is 40.0 Å². The molecule has 0 aromatic carbocycles. The van der Waals surface area contributed by atoms with Crippen LogP contribution in [0.2, 0.25) is 0 Å². The van der Waals surface area contributed by atoms with E-state index in [1.807, 2.05) is 20.8 Å². The summed E-state index contributed by atoms with van der Waals surface area (Å²) in [6.07, 6.45) is 6.01. The molecule has 1 amide bonds. The van der Waals surface area contributed by atoms with E-state index >= 15 is 0 Å². The van der Waals surface area contributed by atoms with Crippen molar-refractivity contribution >= 4 is 22.4 Å². The highest BCUT2D eigenvalue weighted by Crippen LogP contribution is 2.30. The van der Waals surface area contributed by atoms with Crippen LogP contribution in [0.4, 0.5) is 5.13 Å². The Morgan fingerprint density at radius 3 is 2.60 bits per heavy atom. The number of amides is 1. The third-order valence-electron chi connectivity index (χ3n) is 5.07. The number of ether oxygens (including phenoxy) is 1. The average Bonchev–Trinajstić information content (AvgIpc) is 3.08. The second-order valence-electron chi connectivity index (χ2n) is 8.20. The van der Waals surface area contributed by atoms with Gasteiger partial charge in [-0.25, -0.2) is 4.98 Å². The number of carbonyl (C=O) groups is 1. The lowest BCUT2D eigenvalue weighted by molar-refractivity contribution is -0.143. The summed E-state index contributed by atoms with van der Waals surface area (Å²) < 4.78 is 5.42. The Labute approximate surface area is 155 Å². The minimum atomic E-state index is -0.347. The number of thiazole rings is 1. The Bertz CT molecular complexity index is 569. The quantitative estimate of drug-likeness (QED) is 0.816. The first kappa shape index (κ1) is 18.6. The van der Waals surface area contributed by atoms with Crippen molar-refractivity contribution in [2.45, 2.75) is 65.5 Å². The van der Waals surface area contributed by atoms with Gasteiger partial charge in [0.1, 0.15) is 0 Å². The Morgan fingerprint density at radius 2 is 1.96 bits per heavy atom. The number of hydrogen-bond donors (Lipinski definition) is 0. The summed E-state index contributed by atoms with van der Waals surface area (Å²) in [5.74, 6) is 0.250. The molecule has 2 fully saturated rings. The van der Waals surface area contributed by atoms with Crippen molar-refractivity contribution in [1.82, 2.24) is 9.88 Å². The molecular weight excluding hydrogens is 334 g/mol. The summed E-state index contributed by atoms with van der Waals surface area (Å²) in [5, 5.41) is 3.18. The van der Waals surface area contributed by atoms with Crippen molar-refractivity contribution in [3.8, 4) is 0 Å². The lowest BCUT2D eigenvalue weighted by Gasteiger charge is -2.37. The molecule has 2 aliphatic rings. The Kier molecular flexibility index (Phi) is 6.00. The topological polar surface area (TPSA) is 45.7 Å². The standard InChI is InChI=1S/C19H31N3O2S/c1-19(2,3)17(23)22(16-7-5-4-6-8-16)13-15-14-25-18(20-15)21-9-11-24-12-10-21/h14,16H,4-13H2,1-3H3. The molecule has 140 valence electrons. The minimum absolute atomic E-state index is 0.250. The minimum Gasteiger partial charge on any atom is -0.378 e. The van der Waals surface area contributed by atoms with Crippen LogP contribution in [0.3, 0.4) is 0 Å². The Morgan fingerprint density at radius 1 is 1.28 bits per heavy atom. The van der Waals surface area contributed by atoms with Gasteiger partial charge < -0.3 is 14.5 Å². The van der Waals surface area contributed by atoms with Crippen LogP contribution in [0, 0.1) is 5.41 Å². The maximum atomic E-state index is 13.1. The van der Waals surface area contributed by atoms with E-state index in [-0.39, 0.29) is 11.3 Å². The molecule has 0 radical (unpaired) electrons. The monoisotopic (exact) mass is 365 g/mol. The van der Waals surface area contributed by atoms with Crippen molar-refractivity contribution in [1.29, 1.82) is 0 Å². The maximum Gasteiger partial charge on any atom is 0.228 e. The molecule has 25 heavy (non-hydrogen) atoms. The van der Waals surface area contributed by atoms with Gasteiger partial charge in [0, 0.05) is 29.9 Å². The number of nitrogens with zero attached hydrogens (tertiary/aromatic N) is 3. The van der Waals surface area contributed by atoms with E-state index < -0.39 is 0 Å². The molecule has 0 atom stereocenters. The van der Waals surface area contributed by atoms with Gasteiger partial charge in [-0.3, -0.25) is 4.79 Å². The lowest BCUT2D eigenvalue weighted by Crippen LogP contribution is -2.46. The second-order valence-corrected chi connectivity index (χ2v) is 9.03. The van der Waals surface area contributed by atoms with Crippen molar-refractivity contribution in [3.05, 3.63) is 11.1 Å². The van der Waals surface area contributed by atoms with Crippen molar-refractivity contribution in [2.24, 2.45) is 5.41 Å². The Hall–Kier alpha value is -1.14.